The van der Waals surface area contributed by atoms with Crippen LogP contribution in [0.3, 0.4) is 0 Å². The summed E-state index contributed by atoms with van der Waals surface area (Å²) >= 11 is 0. The van der Waals surface area contributed by atoms with E-state index >= 15 is 0 Å². The van der Waals surface area contributed by atoms with Crippen molar-refractivity contribution in [1.29, 1.82) is 0 Å². The Labute approximate surface area is 163 Å². The van der Waals surface area contributed by atoms with Gasteiger partial charge in [-0.25, -0.2) is 8.42 Å². The maximum Gasteiger partial charge on any atom is 0.234 e. The molecule has 0 bridgehead atoms. The van der Waals surface area contributed by atoms with Gasteiger partial charge in [0.15, 0.2) is 0 Å². The predicted octanol–water partition coefficient (Wildman–Crippen LogP) is 2.00. The van der Waals surface area contributed by atoms with Gasteiger partial charge < -0.3 is 5.32 Å². The Bertz CT molecular complexity index is 709. The van der Waals surface area contributed by atoms with Crippen LogP contribution in [0.1, 0.15) is 44.2 Å². The minimum atomic E-state index is -3.13. The van der Waals surface area contributed by atoms with Crippen molar-refractivity contribution in [3.8, 4) is 0 Å². The van der Waals surface area contributed by atoms with E-state index in [9.17, 15) is 13.2 Å². The summed E-state index contributed by atoms with van der Waals surface area (Å²) in [5.41, 5.74) is 1.18. The van der Waals surface area contributed by atoms with E-state index in [-0.39, 0.29) is 17.7 Å². The first-order valence-electron chi connectivity index (χ1n) is 10.0. The minimum Gasteiger partial charge on any atom is -0.348 e. The second-order valence-electron chi connectivity index (χ2n) is 7.58. The molecule has 6 nitrogen and oxygen atoms in total. The van der Waals surface area contributed by atoms with E-state index < -0.39 is 10.0 Å². The number of sulfonamides is 1. The average molecular weight is 394 g/mol. The molecule has 0 radical (unpaired) electrons. The standard InChI is InChI=1S/C20H31N3O3S/c1-2-27(25,26)23-14-12-22(13-15-23)16-19(24)21-20(18-10-6-7-11-18)17-8-4-3-5-9-17/h3-5,8-9,18,20H,2,6-7,10-16H2,1H3,(H,21,24). The molecule has 1 N–H and O–H groups in total. The first-order chi connectivity index (χ1) is 13.0. The molecule has 0 aromatic heterocycles. The SMILES string of the molecule is CCS(=O)(=O)N1CCN(CC(=O)NC(c2ccccc2)C2CCCC2)CC1. The highest BCUT2D eigenvalue weighted by Gasteiger charge is 2.29. The molecule has 1 aliphatic carbocycles. The number of nitrogens with one attached hydrogen (secondary N) is 1. The van der Waals surface area contributed by atoms with Crippen molar-refractivity contribution in [3.63, 3.8) is 0 Å². The molecular weight excluding hydrogens is 362 g/mol. The van der Waals surface area contributed by atoms with Crippen molar-refractivity contribution in [1.82, 2.24) is 14.5 Å². The van der Waals surface area contributed by atoms with Gasteiger partial charge in [0.2, 0.25) is 15.9 Å². The highest BCUT2D eigenvalue weighted by atomic mass is 32.2. The third-order valence-corrected chi connectivity index (χ3v) is 7.68. The van der Waals surface area contributed by atoms with Crippen LogP contribution in [0.5, 0.6) is 0 Å². The number of carbonyl (C=O) groups excluding carboxylic acids is 1. The lowest BCUT2D eigenvalue weighted by atomic mass is 9.91. The zero-order valence-corrected chi connectivity index (χ0v) is 17.0. The first-order valence-corrected chi connectivity index (χ1v) is 11.6. The van der Waals surface area contributed by atoms with Gasteiger partial charge in [-0.15, -0.1) is 0 Å². The molecule has 1 heterocycles. The monoisotopic (exact) mass is 393 g/mol. The van der Waals surface area contributed by atoms with Crippen molar-refractivity contribution in [2.24, 2.45) is 5.92 Å². The molecule has 0 spiro atoms. The summed E-state index contributed by atoms with van der Waals surface area (Å²) in [4.78, 5) is 14.8. The molecule has 1 amide bonds. The van der Waals surface area contributed by atoms with E-state index in [1.807, 2.05) is 23.1 Å². The number of hydrogen-bond donors (Lipinski definition) is 1. The van der Waals surface area contributed by atoms with Crippen LogP contribution in [-0.2, 0) is 14.8 Å². The third kappa shape index (κ3) is 5.30. The van der Waals surface area contributed by atoms with E-state index in [0.717, 1.165) is 12.8 Å². The lowest BCUT2D eigenvalue weighted by Crippen LogP contribution is -2.51. The number of rotatable bonds is 7. The van der Waals surface area contributed by atoms with Crippen LogP contribution in [0, 0.1) is 5.92 Å². The fourth-order valence-electron chi connectivity index (χ4n) is 4.20. The van der Waals surface area contributed by atoms with Gasteiger partial charge in [-0.05, 0) is 31.2 Å². The number of benzene rings is 1. The Morgan fingerprint density at radius 2 is 1.74 bits per heavy atom. The van der Waals surface area contributed by atoms with Crippen LogP contribution in [-0.4, -0.2) is 62.0 Å². The second-order valence-corrected chi connectivity index (χ2v) is 9.83. The molecule has 1 saturated heterocycles. The van der Waals surface area contributed by atoms with Gasteiger partial charge >= 0.3 is 0 Å². The molecule has 2 aliphatic rings. The maximum absolute atomic E-state index is 12.7. The van der Waals surface area contributed by atoms with Gasteiger partial charge in [0.05, 0.1) is 18.3 Å². The average Bonchev–Trinajstić information content (AvgIpc) is 3.22. The molecule has 3 rings (SSSR count). The highest BCUT2D eigenvalue weighted by molar-refractivity contribution is 7.89. The van der Waals surface area contributed by atoms with Crippen molar-refractivity contribution in [3.05, 3.63) is 35.9 Å². The molecule has 7 heteroatoms. The Morgan fingerprint density at radius 3 is 2.33 bits per heavy atom. The number of amides is 1. The summed E-state index contributed by atoms with van der Waals surface area (Å²) in [5, 5.41) is 3.26. The summed E-state index contributed by atoms with van der Waals surface area (Å²) in [6.45, 7) is 4.14. The topological polar surface area (TPSA) is 69.7 Å². The van der Waals surface area contributed by atoms with Crippen LogP contribution in [0.4, 0.5) is 0 Å². The largest absolute Gasteiger partial charge is 0.348 e. The fraction of sp³-hybridized carbons (Fsp3) is 0.650. The first kappa shape index (κ1) is 20.3. The molecule has 1 atom stereocenters. The number of nitrogens with zero attached hydrogens (tertiary/aromatic N) is 2. The van der Waals surface area contributed by atoms with E-state index in [2.05, 4.69) is 17.4 Å². The van der Waals surface area contributed by atoms with Crippen molar-refractivity contribution < 1.29 is 13.2 Å². The van der Waals surface area contributed by atoms with Crippen molar-refractivity contribution >= 4 is 15.9 Å². The van der Waals surface area contributed by atoms with Crippen LogP contribution in [0.25, 0.3) is 0 Å². The Kier molecular flexibility index (Phi) is 6.89. The number of piperazine rings is 1. The zero-order valence-electron chi connectivity index (χ0n) is 16.1. The van der Waals surface area contributed by atoms with Crippen LogP contribution in [0.15, 0.2) is 30.3 Å². The van der Waals surface area contributed by atoms with Gasteiger partial charge in [-0.3, -0.25) is 9.69 Å². The number of carbonyl (C=O) groups is 1. The van der Waals surface area contributed by atoms with Crippen molar-refractivity contribution in [2.45, 2.75) is 38.6 Å². The van der Waals surface area contributed by atoms with E-state index in [0.29, 0.717) is 38.6 Å². The predicted molar refractivity (Wildman–Crippen MR) is 107 cm³/mol. The molecule has 150 valence electrons. The summed E-state index contributed by atoms with van der Waals surface area (Å²) in [7, 11) is -3.13. The molecule has 1 aliphatic heterocycles. The second kappa shape index (κ2) is 9.17. The number of hydrogen-bond acceptors (Lipinski definition) is 4. The normalized spacial score (nSPS) is 21.2. The lowest BCUT2D eigenvalue weighted by molar-refractivity contribution is -0.123. The molecular formula is C20H31N3O3S. The summed E-state index contributed by atoms with van der Waals surface area (Å²) in [6.07, 6.45) is 4.79. The minimum absolute atomic E-state index is 0.0301. The molecule has 1 aromatic carbocycles. The van der Waals surface area contributed by atoms with Gasteiger partial charge in [0.1, 0.15) is 0 Å². The van der Waals surface area contributed by atoms with Crippen molar-refractivity contribution in [2.75, 3.05) is 38.5 Å². The molecule has 1 aromatic rings. The Balaban J connectivity index is 1.56. The zero-order chi connectivity index (χ0) is 19.3. The van der Waals surface area contributed by atoms with Crippen LogP contribution in [0.2, 0.25) is 0 Å². The quantitative estimate of drug-likeness (QED) is 0.769. The molecule has 1 unspecified atom stereocenters. The smallest absolute Gasteiger partial charge is 0.234 e. The van der Waals surface area contributed by atoms with Gasteiger partial charge in [0, 0.05) is 26.2 Å². The summed E-state index contributed by atoms with van der Waals surface area (Å²) in [5.74, 6) is 0.665. The fourth-order valence-corrected chi connectivity index (χ4v) is 5.28. The van der Waals surface area contributed by atoms with E-state index in [1.54, 1.807) is 6.92 Å². The maximum atomic E-state index is 12.7. The molecule has 27 heavy (non-hydrogen) atoms. The summed E-state index contributed by atoms with van der Waals surface area (Å²) < 4.78 is 25.5. The third-order valence-electron chi connectivity index (χ3n) is 5.80. The Morgan fingerprint density at radius 1 is 1.11 bits per heavy atom. The Hall–Kier alpha value is -1.44. The lowest BCUT2D eigenvalue weighted by Gasteiger charge is -2.34. The van der Waals surface area contributed by atoms with E-state index in [1.165, 1.54) is 22.7 Å². The van der Waals surface area contributed by atoms with E-state index in [4.69, 9.17) is 0 Å². The highest BCUT2D eigenvalue weighted by Crippen LogP contribution is 2.35. The van der Waals surface area contributed by atoms with Crippen LogP contribution < -0.4 is 5.32 Å². The van der Waals surface area contributed by atoms with Gasteiger partial charge in [0.25, 0.3) is 0 Å². The van der Waals surface area contributed by atoms with Gasteiger partial charge in [-0.1, -0.05) is 43.2 Å². The molecule has 1 saturated carbocycles. The summed E-state index contributed by atoms with van der Waals surface area (Å²) in [6, 6.07) is 10.3. The van der Waals surface area contributed by atoms with Gasteiger partial charge in [-0.2, -0.15) is 4.31 Å². The molecule has 2 fully saturated rings. The van der Waals surface area contributed by atoms with Crippen LogP contribution >= 0.6 is 0 Å².